The van der Waals surface area contributed by atoms with Gasteiger partial charge in [-0.2, -0.15) is 0 Å². The number of anilines is 1. The van der Waals surface area contributed by atoms with Crippen LogP contribution in [0.15, 0.2) is 76.3 Å². The van der Waals surface area contributed by atoms with E-state index in [-0.39, 0.29) is 11.3 Å². The number of hydrogen-bond donors (Lipinski definition) is 2. The summed E-state index contributed by atoms with van der Waals surface area (Å²) in [6, 6.07) is 20.3. The molecule has 0 saturated heterocycles. The number of ether oxygens (including phenoxy) is 1. The van der Waals surface area contributed by atoms with E-state index in [1.807, 2.05) is 55.5 Å². The maximum atomic E-state index is 13.8. The van der Waals surface area contributed by atoms with Gasteiger partial charge in [-0.15, -0.1) is 0 Å². The molecule has 1 atom stereocenters. The van der Waals surface area contributed by atoms with E-state index in [9.17, 15) is 14.7 Å². The van der Waals surface area contributed by atoms with Gasteiger partial charge in [-0.1, -0.05) is 36.4 Å². The van der Waals surface area contributed by atoms with E-state index in [4.69, 9.17) is 4.74 Å². The lowest BCUT2D eigenvalue weighted by atomic mass is 9.98. The molecule has 0 spiro atoms. The molecule has 8 heteroatoms. The highest BCUT2D eigenvalue weighted by molar-refractivity contribution is 6.00. The first-order chi connectivity index (χ1) is 17.8. The summed E-state index contributed by atoms with van der Waals surface area (Å²) < 4.78 is 10.5. The molecule has 0 aliphatic carbocycles. The van der Waals surface area contributed by atoms with Crippen LogP contribution in [0, 0.1) is 6.92 Å². The van der Waals surface area contributed by atoms with Gasteiger partial charge in [-0.05, 0) is 36.8 Å². The number of phenols is 1. The van der Waals surface area contributed by atoms with Crippen molar-refractivity contribution in [2.24, 2.45) is 14.1 Å². The number of para-hydroxylation sites is 2. The number of benzene rings is 3. The third-order valence-electron chi connectivity index (χ3n) is 7.25. The van der Waals surface area contributed by atoms with Gasteiger partial charge in [0.05, 0.1) is 46.8 Å². The van der Waals surface area contributed by atoms with Crippen LogP contribution < -0.4 is 21.3 Å². The number of aromatic hydroxyl groups is 1. The van der Waals surface area contributed by atoms with Gasteiger partial charge in [0, 0.05) is 31.3 Å². The van der Waals surface area contributed by atoms with Gasteiger partial charge in [-0.25, -0.2) is 4.79 Å². The lowest BCUT2D eigenvalue weighted by Crippen LogP contribution is -2.37. The molecule has 0 fully saturated rings. The molecule has 0 amide bonds. The Kier molecular flexibility index (Phi) is 5.01. The number of aromatic nitrogens is 3. The fourth-order valence-corrected chi connectivity index (χ4v) is 5.48. The predicted octanol–water partition coefficient (Wildman–Crippen LogP) is 4.23. The van der Waals surface area contributed by atoms with Crippen molar-refractivity contribution in [3.8, 4) is 28.4 Å². The van der Waals surface area contributed by atoms with Gasteiger partial charge >= 0.3 is 5.69 Å². The number of nitrogens with one attached hydrogen (secondary N) is 1. The molecule has 2 aromatic heterocycles. The van der Waals surface area contributed by atoms with Gasteiger partial charge in [-0.3, -0.25) is 13.9 Å². The number of hydrogen-bond acceptors (Lipinski definition) is 5. The zero-order valence-electron chi connectivity index (χ0n) is 20.9. The van der Waals surface area contributed by atoms with Crippen molar-refractivity contribution in [3.05, 3.63) is 104 Å². The quantitative estimate of drug-likeness (QED) is 0.392. The van der Waals surface area contributed by atoms with E-state index in [0.717, 1.165) is 44.0 Å². The molecule has 3 aromatic carbocycles. The molecule has 3 heterocycles. The van der Waals surface area contributed by atoms with Crippen molar-refractivity contribution in [1.82, 2.24) is 13.7 Å². The molecule has 1 aliphatic heterocycles. The Bertz CT molecular complexity index is 1840. The van der Waals surface area contributed by atoms with Crippen molar-refractivity contribution in [3.63, 3.8) is 0 Å². The number of phenolic OH excluding ortho intramolecular Hbond substituents is 1. The predicted molar refractivity (Wildman–Crippen MR) is 144 cm³/mol. The average Bonchev–Trinajstić information content (AvgIpc) is 3.27. The molecular formula is C29H26N4O4. The maximum absolute atomic E-state index is 13.8. The molecule has 8 nitrogen and oxygen atoms in total. The van der Waals surface area contributed by atoms with Crippen LogP contribution in [0.1, 0.15) is 22.9 Å². The second kappa shape index (κ2) is 8.16. The molecule has 0 unspecified atom stereocenters. The monoisotopic (exact) mass is 494 g/mol. The first-order valence-electron chi connectivity index (χ1n) is 12.0. The van der Waals surface area contributed by atoms with Gasteiger partial charge in [0.15, 0.2) is 0 Å². The first kappa shape index (κ1) is 22.7. The topological polar surface area (TPSA) is 90.4 Å². The summed E-state index contributed by atoms with van der Waals surface area (Å²) >= 11 is 0. The zero-order chi connectivity index (χ0) is 26.0. The van der Waals surface area contributed by atoms with E-state index in [0.29, 0.717) is 16.7 Å². The summed E-state index contributed by atoms with van der Waals surface area (Å²) in [6.45, 7) is 2.01. The fraction of sp³-hybridized carbons (Fsp3) is 0.172. The minimum atomic E-state index is -0.483. The minimum absolute atomic E-state index is 0.0823. The average molecular weight is 495 g/mol. The van der Waals surface area contributed by atoms with Crippen LogP contribution in [0.4, 0.5) is 5.69 Å². The largest absolute Gasteiger partial charge is 0.508 e. The van der Waals surface area contributed by atoms with Gasteiger partial charge in [0.2, 0.25) is 0 Å². The summed E-state index contributed by atoms with van der Waals surface area (Å²) in [5, 5.41) is 14.2. The van der Waals surface area contributed by atoms with Crippen molar-refractivity contribution >= 4 is 16.6 Å². The highest BCUT2D eigenvalue weighted by Crippen LogP contribution is 2.47. The Hall–Kier alpha value is -4.72. The Labute approximate surface area is 212 Å². The van der Waals surface area contributed by atoms with Gasteiger partial charge < -0.3 is 19.7 Å². The third-order valence-corrected chi connectivity index (χ3v) is 7.25. The van der Waals surface area contributed by atoms with Gasteiger partial charge in [0.1, 0.15) is 11.5 Å². The summed E-state index contributed by atoms with van der Waals surface area (Å²) in [6.07, 6.45) is 0. The zero-order valence-corrected chi connectivity index (χ0v) is 20.9. The smallest absolute Gasteiger partial charge is 0.331 e. The van der Waals surface area contributed by atoms with E-state index in [2.05, 4.69) is 9.88 Å². The van der Waals surface area contributed by atoms with Crippen molar-refractivity contribution < 1.29 is 9.84 Å². The summed E-state index contributed by atoms with van der Waals surface area (Å²) in [5.41, 5.74) is 5.68. The number of aryl methyl sites for hydroxylation is 2. The van der Waals surface area contributed by atoms with Crippen molar-refractivity contribution in [2.45, 2.75) is 13.0 Å². The van der Waals surface area contributed by atoms with Crippen LogP contribution in [0.25, 0.3) is 27.8 Å². The Morgan fingerprint density at radius 2 is 1.68 bits per heavy atom. The Balaban J connectivity index is 1.88. The molecule has 2 N–H and O–H groups in total. The highest BCUT2D eigenvalue weighted by atomic mass is 16.5. The van der Waals surface area contributed by atoms with Crippen LogP contribution >= 0.6 is 0 Å². The molecule has 0 saturated carbocycles. The maximum Gasteiger partial charge on any atom is 0.331 e. The normalized spacial score (nSPS) is 14.2. The molecule has 37 heavy (non-hydrogen) atoms. The van der Waals surface area contributed by atoms with Crippen LogP contribution in [-0.4, -0.2) is 25.9 Å². The summed E-state index contributed by atoms with van der Waals surface area (Å²) in [4.78, 5) is 27.0. The third kappa shape index (κ3) is 3.15. The Morgan fingerprint density at radius 1 is 0.946 bits per heavy atom. The van der Waals surface area contributed by atoms with Crippen molar-refractivity contribution in [1.29, 1.82) is 0 Å². The number of methoxy groups -OCH3 is 1. The lowest BCUT2D eigenvalue weighted by molar-refractivity contribution is 0.401. The molecule has 0 bridgehead atoms. The van der Waals surface area contributed by atoms with Crippen LogP contribution in [-0.2, 0) is 14.1 Å². The van der Waals surface area contributed by atoms with E-state index in [1.54, 1.807) is 36.9 Å². The number of rotatable bonds is 3. The standard InChI is InChI=1S/C29H26N4O4/c1-16-9-5-6-10-18(16)25-23-26(31(2)29(36)32(3)28(23)35)27-24(19-14-13-17(34)15-22(19)37-4)30-20-11-7-8-12-21(20)33(25)27/h5-15,24,30,34H,1-4H3/t24-/m1/s1. The second-order valence-electron chi connectivity index (χ2n) is 9.33. The van der Waals surface area contributed by atoms with Crippen LogP contribution in [0.2, 0.25) is 0 Å². The Morgan fingerprint density at radius 3 is 2.43 bits per heavy atom. The van der Waals surface area contributed by atoms with Crippen LogP contribution in [0.5, 0.6) is 11.5 Å². The van der Waals surface area contributed by atoms with E-state index < -0.39 is 11.7 Å². The van der Waals surface area contributed by atoms with E-state index >= 15 is 0 Å². The molecular weight excluding hydrogens is 468 g/mol. The molecule has 6 rings (SSSR count). The minimum Gasteiger partial charge on any atom is -0.508 e. The fourth-order valence-electron chi connectivity index (χ4n) is 5.48. The van der Waals surface area contributed by atoms with Gasteiger partial charge in [0.25, 0.3) is 5.56 Å². The lowest BCUT2D eigenvalue weighted by Gasteiger charge is -2.32. The molecule has 186 valence electrons. The first-order valence-corrected chi connectivity index (χ1v) is 12.0. The molecule has 0 radical (unpaired) electrons. The summed E-state index contributed by atoms with van der Waals surface area (Å²) in [7, 11) is 4.75. The summed E-state index contributed by atoms with van der Waals surface area (Å²) in [5.74, 6) is 0.572. The number of nitrogens with zero attached hydrogens (tertiary/aromatic N) is 3. The SMILES string of the molecule is COc1cc(O)ccc1[C@H]1Nc2ccccc2-n2c(-c3ccccc3C)c3c(=O)n(C)c(=O)n(C)c3c21. The molecule has 1 aliphatic rings. The highest BCUT2D eigenvalue weighted by Gasteiger charge is 2.36. The molecule has 5 aromatic rings. The second-order valence-corrected chi connectivity index (χ2v) is 9.33. The van der Waals surface area contributed by atoms with E-state index in [1.165, 1.54) is 7.05 Å². The number of fused-ring (bicyclic) bond motifs is 5. The van der Waals surface area contributed by atoms with Crippen LogP contribution in [0.3, 0.4) is 0 Å². The van der Waals surface area contributed by atoms with Crippen molar-refractivity contribution in [2.75, 3.05) is 12.4 Å².